The van der Waals surface area contributed by atoms with Crippen LogP contribution in [0.3, 0.4) is 0 Å². The molecule has 134 valence electrons. The first kappa shape index (κ1) is 16.8. The summed E-state index contributed by atoms with van der Waals surface area (Å²) in [5.41, 5.74) is 3.34. The van der Waals surface area contributed by atoms with Crippen molar-refractivity contribution >= 4 is 17.2 Å². The Labute approximate surface area is 155 Å². The molecular formula is C19H20N4O2S. The number of aryl methyl sites for hydroxylation is 2. The summed E-state index contributed by atoms with van der Waals surface area (Å²) in [6.07, 6.45) is 5.78. The summed E-state index contributed by atoms with van der Waals surface area (Å²) in [5.74, 6) is 0.598. The van der Waals surface area contributed by atoms with Crippen LogP contribution >= 0.6 is 11.3 Å². The van der Waals surface area contributed by atoms with Gasteiger partial charge in [-0.1, -0.05) is 12.1 Å². The molecule has 2 heterocycles. The quantitative estimate of drug-likeness (QED) is 0.701. The van der Waals surface area contributed by atoms with E-state index in [0.29, 0.717) is 17.8 Å². The Morgan fingerprint density at radius 2 is 2.31 bits per heavy atom. The molecule has 7 heteroatoms. The summed E-state index contributed by atoms with van der Waals surface area (Å²) in [5, 5.41) is 11.0. The highest BCUT2D eigenvalue weighted by molar-refractivity contribution is 7.11. The number of H-pyrrole nitrogens is 1. The van der Waals surface area contributed by atoms with Crippen molar-refractivity contribution in [1.82, 2.24) is 20.5 Å². The summed E-state index contributed by atoms with van der Waals surface area (Å²) >= 11 is 1.78. The smallest absolute Gasteiger partial charge is 0.255 e. The van der Waals surface area contributed by atoms with Crippen molar-refractivity contribution in [2.75, 3.05) is 13.7 Å². The molecule has 0 unspecified atom stereocenters. The van der Waals surface area contributed by atoms with Crippen LogP contribution in [-0.4, -0.2) is 34.7 Å². The molecule has 6 nitrogen and oxygen atoms in total. The third-order valence-electron chi connectivity index (χ3n) is 4.51. The molecule has 0 aliphatic heterocycles. The fourth-order valence-corrected chi connectivity index (χ4v) is 4.34. The largest absolute Gasteiger partial charge is 0.497 e. The van der Waals surface area contributed by atoms with Crippen molar-refractivity contribution in [3.63, 3.8) is 0 Å². The Kier molecular flexibility index (Phi) is 4.71. The zero-order valence-electron chi connectivity index (χ0n) is 14.5. The zero-order chi connectivity index (χ0) is 17.9. The van der Waals surface area contributed by atoms with Gasteiger partial charge in [0.25, 0.3) is 5.91 Å². The molecule has 0 saturated heterocycles. The van der Waals surface area contributed by atoms with Crippen molar-refractivity contribution in [2.45, 2.75) is 25.7 Å². The normalized spacial score (nSPS) is 12.8. The number of hydrogen-bond acceptors (Lipinski definition) is 5. The molecule has 2 aromatic heterocycles. The number of hydrogen-bond donors (Lipinski definition) is 2. The predicted molar refractivity (Wildman–Crippen MR) is 101 cm³/mol. The van der Waals surface area contributed by atoms with Crippen LogP contribution in [0.4, 0.5) is 0 Å². The summed E-state index contributed by atoms with van der Waals surface area (Å²) < 4.78 is 5.25. The lowest BCUT2D eigenvalue weighted by atomic mass is 10.1. The molecule has 2 N–H and O–H groups in total. The highest BCUT2D eigenvalue weighted by Crippen LogP contribution is 2.28. The standard InChI is InChI=1S/C19H20N4O2S/c1-25-13-5-2-4-12(10-13)18-14(11-21-23-18)19(24)20-9-8-17-22-15-6-3-7-16(15)26-17/h2,4-5,10-11H,3,6-9H2,1H3,(H,20,24)(H,21,23). The van der Waals surface area contributed by atoms with Crippen LogP contribution < -0.4 is 10.1 Å². The highest BCUT2D eigenvalue weighted by atomic mass is 32.1. The molecule has 3 aromatic rings. The number of fused-ring (bicyclic) bond motifs is 1. The first-order valence-electron chi connectivity index (χ1n) is 8.68. The fraction of sp³-hybridized carbons (Fsp3) is 0.316. The molecule has 0 fully saturated rings. The second-order valence-corrected chi connectivity index (χ2v) is 7.40. The minimum absolute atomic E-state index is 0.138. The van der Waals surface area contributed by atoms with E-state index in [2.05, 4.69) is 20.5 Å². The average Bonchev–Trinajstić information content (AvgIpc) is 3.37. The summed E-state index contributed by atoms with van der Waals surface area (Å²) in [7, 11) is 1.62. The van der Waals surface area contributed by atoms with Crippen molar-refractivity contribution < 1.29 is 9.53 Å². The van der Waals surface area contributed by atoms with Gasteiger partial charge in [0, 0.05) is 23.4 Å². The number of ether oxygens (including phenoxy) is 1. The molecule has 1 aliphatic rings. The third kappa shape index (κ3) is 3.35. The predicted octanol–water partition coefficient (Wildman–Crippen LogP) is 3.00. The second kappa shape index (κ2) is 7.29. The molecular weight excluding hydrogens is 348 g/mol. The Morgan fingerprint density at radius 1 is 1.38 bits per heavy atom. The number of thiazole rings is 1. The van der Waals surface area contributed by atoms with E-state index in [-0.39, 0.29) is 5.91 Å². The molecule has 26 heavy (non-hydrogen) atoms. The Bertz CT molecular complexity index is 910. The van der Waals surface area contributed by atoms with Crippen LogP contribution in [0.1, 0.15) is 32.4 Å². The molecule has 1 amide bonds. The average molecular weight is 368 g/mol. The van der Waals surface area contributed by atoms with Gasteiger partial charge in [-0.05, 0) is 31.4 Å². The first-order chi connectivity index (χ1) is 12.7. The van der Waals surface area contributed by atoms with Crippen molar-refractivity contribution in [1.29, 1.82) is 0 Å². The van der Waals surface area contributed by atoms with Gasteiger partial charge >= 0.3 is 0 Å². The summed E-state index contributed by atoms with van der Waals surface area (Å²) in [6, 6.07) is 7.55. The van der Waals surface area contributed by atoms with Crippen LogP contribution in [0.2, 0.25) is 0 Å². The number of nitrogens with zero attached hydrogens (tertiary/aromatic N) is 2. The third-order valence-corrected chi connectivity index (χ3v) is 5.72. The van der Waals surface area contributed by atoms with E-state index in [1.807, 2.05) is 24.3 Å². The molecule has 0 spiro atoms. The van der Waals surface area contributed by atoms with E-state index >= 15 is 0 Å². The minimum Gasteiger partial charge on any atom is -0.497 e. The summed E-state index contributed by atoms with van der Waals surface area (Å²) in [4.78, 5) is 18.7. The number of amides is 1. The number of nitrogens with one attached hydrogen (secondary N) is 2. The number of aromatic amines is 1. The monoisotopic (exact) mass is 368 g/mol. The number of benzene rings is 1. The Balaban J connectivity index is 1.41. The van der Waals surface area contributed by atoms with Gasteiger partial charge < -0.3 is 10.1 Å². The van der Waals surface area contributed by atoms with E-state index in [4.69, 9.17) is 4.74 Å². The number of rotatable bonds is 6. The molecule has 4 rings (SSSR count). The molecule has 0 radical (unpaired) electrons. The van der Waals surface area contributed by atoms with Crippen LogP contribution in [0.25, 0.3) is 11.3 Å². The van der Waals surface area contributed by atoms with E-state index in [1.54, 1.807) is 24.6 Å². The lowest BCUT2D eigenvalue weighted by Crippen LogP contribution is -2.25. The van der Waals surface area contributed by atoms with Gasteiger partial charge in [0.1, 0.15) is 5.75 Å². The lowest BCUT2D eigenvalue weighted by molar-refractivity contribution is 0.0955. The number of aromatic nitrogens is 3. The van der Waals surface area contributed by atoms with Gasteiger partial charge in [0.2, 0.25) is 0 Å². The lowest BCUT2D eigenvalue weighted by Gasteiger charge is -2.06. The maximum Gasteiger partial charge on any atom is 0.255 e. The van der Waals surface area contributed by atoms with Gasteiger partial charge in [0.15, 0.2) is 0 Å². The van der Waals surface area contributed by atoms with E-state index in [9.17, 15) is 4.79 Å². The summed E-state index contributed by atoms with van der Waals surface area (Å²) in [6.45, 7) is 0.563. The van der Waals surface area contributed by atoms with Crippen molar-refractivity contribution in [2.24, 2.45) is 0 Å². The Hall–Kier alpha value is -2.67. The molecule has 1 aliphatic carbocycles. The number of carbonyl (C=O) groups excluding carboxylic acids is 1. The maximum absolute atomic E-state index is 12.6. The first-order valence-corrected chi connectivity index (χ1v) is 9.49. The Morgan fingerprint density at radius 3 is 3.15 bits per heavy atom. The number of carbonyl (C=O) groups is 1. The SMILES string of the molecule is COc1cccc(-c2[nH]ncc2C(=O)NCCc2nc3c(s2)CCC3)c1. The molecule has 0 bridgehead atoms. The maximum atomic E-state index is 12.6. The fourth-order valence-electron chi connectivity index (χ4n) is 3.19. The van der Waals surface area contributed by atoms with Crippen LogP contribution in [0.15, 0.2) is 30.5 Å². The van der Waals surface area contributed by atoms with Gasteiger partial charge in [-0.15, -0.1) is 11.3 Å². The van der Waals surface area contributed by atoms with E-state index < -0.39 is 0 Å². The van der Waals surface area contributed by atoms with Crippen LogP contribution in [0.5, 0.6) is 5.75 Å². The van der Waals surface area contributed by atoms with Gasteiger partial charge in [-0.3, -0.25) is 9.89 Å². The van der Waals surface area contributed by atoms with E-state index in [0.717, 1.165) is 35.6 Å². The van der Waals surface area contributed by atoms with Crippen molar-refractivity contribution in [3.8, 4) is 17.0 Å². The van der Waals surface area contributed by atoms with Crippen LogP contribution in [-0.2, 0) is 19.3 Å². The van der Waals surface area contributed by atoms with Gasteiger partial charge in [-0.25, -0.2) is 4.98 Å². The second-order valence-electron chi connectivity index (χ2n) is 6.23. The zero-order valence-corrected chi connectivity index (χ0v) is 15.4. The topological polar surface area (TPSA) is 79.9 Å². The van der Waals surface area contributed by atoms with Crippen molar-refractivity contribution in [3.05, 3.63) is 51.6 Å². The van der Waals surface area contributed by atoms with Crippen LogP contribution in [0, 0.1) is 0 Å². The highest BCUT2D eigenvalue weighted by Gasteiger charge is 2.18. The minimum atomic E-state index is -0.138. The van der Waals surface area contributed by atoms with E-state index in [1.165, 1.54) is 17.0 Å². The van der Waals surface area contributed by atoms with Gasteiger partial charge in [0.05, 0.1) is 35.3 Å². The number of methoxy groups -OCH3 is 1. The van der Waals surface area contributed by atoms with Gasteiger partial charge in [-0.2, -0.15) is 5.10 Å². The molecule has 0 saturated carbocycles. The molecule has 0 atom stereocenters. The molecule has 1 aromatic carbocycles.